The fraction of sp³-hybridized carbons (Fsp3) is 0.143. The minimum absolute atomic E-state index is 0.544. The van der Waals surface area contributed by atoms with Crippen LogP contribution in [0, 0.1) is 0 Å². The monoisotopic (exact) mass is 168 g/mol. The largest absolute Gasteiger partial charge is 0.489 e. The van der Waals surface area contributed by atoms with Crippen molar-refractivity contribution in [1.29, 1.82) is 0 Å². The Morgan fingerprint density at radius 3 is 2.55 bits per heavy atom. The normalized spacial score (nSPS) is 9.73. The molecule has 0 radical (unpaired) electrons. The van der Waals surface area contributed by atoms with Crippen LogP contribution in [0.4, 0.5) is 0 Å². The zero-order valence-electron chi connectivity index (χ0n) is 6.24. The molecule has 0 aliphatic heterocycles. The van der Waals surface area contributed by atoms with E-state index in [2.05, 4.69) is 6.58 Å². The summed E-state index contributed by atoms with van der Waals surface area (Å²) in [5, 5.41) is 21.3. The van der Waals surface area contributed by atoms with Gasteiger partial charge >= 0.3 is 7.12 Å². The SMILES string of the molecule is C=C(C)c1cscc1B(O)O. The second kappa shape index (κ2) is 3.22. The van der Waals surface area contributed by atoms with E-state index in [4.69, 9.17) is 10.0 Å². The summed E-state index contributed by atoms with van der Waals surface area (Å²) in [6, 6.07) is 0. The van der Waals surface area contributed by atoms with E-state index in [9.17, 15) is 0 Å². The molecule has 0 atom stereocenters. The highest BCUT2D eigenvalue weighted by molar-refractivity contribution is 7.09. The molecule has 4 heteroatoms. The molecule has 0 spiro atoms. The molecule has 0 aromatic carbocycles. The van der Waals surface area contributed by atoms with Gasteiger partial charge in [0.25, 0.3) is 0 Å². The third-order valence-corrected chi connectivity index (χ3v) is 2.19. The van der Waals surface area contributed by atoms with Crippen molar-refractivity contribution >= 4 is 29.5 Å². The molecule has 0 amide bonds. The molecule has 2 nitrogen and oxygen atoms in total. The molecule has 2 N–H and O–H groups in total. The van der Waals surface area contributed by atoms with E-state index in [0.717, 1.165) is 11.1 Å². The third kappa shape index (κ3) is 1.71. The van der Waals surface area contributed by atoms with Crippen LogP contribution in [0.25, 0.3) is 5.57 Å². The minimum atomic E-state index is -1.38. The van der Waals surface area contributed by atoms with Gasteiger partial charge in [0.1, 0.15) is 0 Å². The summed E-state index contributed by atoms with van der Waals surface area (Å²) in [4.78, 5) is 0. The zero-order valence-corrected chi connectivity index (χ0v) is 7.06. The first-order valence-corrected chi connectivity index (χ1v) is 4.15. The van der Waals surface area contributed by atoms with Crippen LogP contribution in [0.3, 0.4) is 0 Å². The standard InChI is InChI=1S/C7H9BO2S/c1-5(2)6-3-11-4-7(6)8(9)10/h3-4,9-10H,1H2,2H3. The van der Waals surface area contributed by atoms with E-state index in [1.54, 1.807) is 5.38 Å². The number of hydrogen-bond donors (Lipinski definition) is 2. The molecule has 1 heterocycles. The van der Waals surface area contributed by atoms with Crippen molar-refractivity contribution in [2.45, 2.75) is 6.92 Å². The lowest BCUT2D eigenvalue weighted by Crippen LogP contribution is -2.30. The molecule has 1 aromatic heterocycles. The van der Waals surface area contributed by atoms with Crippen molar-refractivity contribution < 1.29 is 10.0 Å². The van der Waals surface area contributed by atoms with E-state index >= 15 is 0 Å². The molecule has 0 bridgehead atoms. The minimum Gasteiger partial charge on any atom is -0.423 e. The topological polar surface area (TPSA) is 40.5 Å². The van der Waals surface area contributed by atoms with Gasteiger partial charge in [0.2, 0.25) is 0 Å². The van der Waals surface area contributed by atoms with Crippen molar-refractivity contribution in [3.05, 3.63) is 22.9 Å². The predicted molar refractivity (Wildman–Crippen MR) is 48.9 cm³/mol. The van der Waals surface area contributed by atoms with Crippen molar-refractivity contribution in [3.63, 3.8) is 0 Å². The molecule has 0 unspecified atom stereocenters. The molecule has 58 valence electrons. The third-order valence-electron chi connectivity index (χ3n) is 1.43. The molecule has 1 rings (SSSR count). The average molecular weight is 168 g/mol. The summed E-state index contributed by atoms with van der Waals surface area (Å²) in [6.07, 6.45) is 0. The Kier molecular flexibility index (Phi) is 2.49. The van der Waals surface area contributed by atoms with Crippen LogP contribution in [-0.4, -0.2) is 17.2 Å². The van der Waals surface area contributed by atoms with Gasteiger partial charge in [-0.2, -0.15) is 11.3 Å². The van der Waals surface area contributed by atoms with Gasteiger partial charge in [-0.15, -0.1) is 0 Å². The van der Waals surface area contributed by atoms with Crippen molar-refractivity contribution in [2.24, 2.45) is 0 Å². The van der Waals surface area contributed by atoms with Crippen molar-refractivity contribution in [3.8, 4) is 0 Å². The lowest BCUT2D eigenvalue weighted by molar-refractivity contribution is 0.426. The van der Waals surface area contributed by atoms with Crippen molar-refractivity contribution in [2.75, 3.05) is 0 Å². The summed E-state index contributed by atoms with van der Waals surface area (Å²) < 4.78 is 0. The van der Waals surface area contributed by atoms with Gasteiger partial charge in [-0.3, -0.25) is 0 Å². The summed E-state index contributed by atoms with van der Waals surface area (Å²) in [5.41, 5.74) is 2.24. The molecule has 11 heavy (non-hydrogen) atoms. The van der Waals surface area contributed by atoms with Gasteiger partial charge < -0.3 is 10.0 Å². The first kappa shape index (κ1) is 8.52. The van der Waals surface area contributed by atoms with Crippen LogP contribution in [0.1, 0.15) is 12.5 Å². The van der Waals surface area contributed by atoms with Gasteiger partial charge in [0.15, 0.2) is 0 Å². The van der Waals surface area contributed by atoms with Crippen LogP contribution in [0.2, 0.25) is 0 Å². The second-order valence-electron chi connectivity index (χ2n) is 2.39. The summed E-state index contributed by atoms with van der Waals surface area (Å²) in [7, 11) is -1.38. The van der Waals surface area contributed by atoms with Gasteiger partial charge in [-0.05, 0) is 23.2 Å². The fourth-order valence-corrected chi connectivity index (χ4v) is 1.79. The summed E-state index contributed by atoms with van der Waals surface area (Å²) >= 11 is 1.44. The van der Waals surface area contributed by atoms with E-state index in [-0.39, 0.29) is 0 Å². The Balaban J connectivity index is 3.06. The number of thiophene rings is 1. The molecule has 0 saturated carbocycles. The van der Waals surface area contributed by atoms with Gasteiger partial charge in [0, 0.05) is 5.46 Å². The smallest absolute Gasteiger partial charge is 0.423 e. The quantitative estimate of drug-likeness (QED) is 0.629. The maximum atomic E-state index is 8.86. The summed E-state index contributed by atoms with van der Waals surface area (Å²) in [6.45, 7) is 5.57. The molecule has 0 aliphatic rings. The Labute approximate surface area is 70.0 Å². The van der Waals surface area contributed by atoms with Crippen LogP contribution in [-0.2, 0) is 0 Å². The van der Waals surface area contributed by atoms with Gasteiger partial charge in [-0.1, -0.05) is 12.2 Å². The Morgan fingerprint density at radius 1 is 1.55 bits per heavy atom. The van der Waals surface area contributed by atoms with Gasteiger partial charge in [-0.25, -0.2) is 0 Å². The van der Waals surface area contributed by atoms with E-state index in [0.29, 0.717) is 5.46 Å². The number of allylic oxidation sites excluding steroid dienone is 1. The highest BCUT2D eigenvalue weighted by atomic mass is 32.1. The Hall–Kier alpha value is -0.575. The first-order chi connectivity index (χ1) is 5.13. The van der Waals surface area contributed by atoms with E-state index in [1.807, 2.05) is 12.3 Å². The number of hydrogen-bond acceptors (Lipinski definition) is 3. The average Bonchev–Trinajstić information content (AvgIpc) is 2.32. The predicted octanol–water partition coefficient (Wildman–Crippen LogP) is 0.461. The molecular formula is C7H9BO2S. The van der Waals surface area contributed by atoms with Crippen LogP contribution < -0.4 is 5.46 Å². The fourth-order valence-electron chi connectivity index (χ4n) is 0.854. The Bertz CT molecular complexity index is 267. The molecule has 0 saturated heterocycles. The lowest BCUT2D eigenvalue weighted by Gasteiger charge is -2.00. The lowest BCUT2D eigenvalue weighted by atomic mass is 9.78. The van der Waals surface area contributed by atoms with Gasteiger partial charge in [0.05, 0.1) is 0 Å². The van der Waals surface area contributed by atoms with Crippen molar-refractivity contribution in [1.82, 2.24) is 0 Å². The maximum absolute atomic E-state index is 8.86. The number of rotatable bonds is 2. The van der Waals surface area contributed by atoms with Crippen LogP contribution in [0.5, 0.6) is 0 Å². The highest BCUT2D eigenvalue weighted by Gasteiger charge is 2.16. The summed E-state index contributed by atoms with van der Waals surface area (Å²) in [5.74, 6) is 0. The highest BCUT2D eigenvalue weighted by Crippen LogP contribution is 2.12. The van der Waals surface area contributed by atoms with E-state index in [1.165, 1.54) is 11.3 Å². The molecule has 0 aliphatic carbocycles. The Morgan fingerprint density at radius 2 is 2.18 bits per heavy atom. The van der Waals surface area contributed by atoms with Crippen LogP contribution in [0.15, 0.2) is 17.3 Å². The zero-order chi connectivity index (χ0) is 8.43. The van der Waals surface area contributed by atoms with Crippen LogP contribution >= 0.6 is 11.3 Å². The molecule has 0 fully saturated rings. The van der Waals surface area contributed by atoms with E-state index < -0.39 is 7.12 Å². The maximum Gasteiger partial charge on any atom is 0.489 e. The molecular weight excluding hydrogens is 159 g/mol. The molecule has 1 aromatic rings. The second-order valence-corrected chi connectivity index (χ2v) is 3.14. The first-order valence-electron chi connectivity index (χ1n) is 3.21.